The Morgan fingerprint density at radius 1 is 1.38 bits per heavy atom. The average Bonchev–Trinajstić information content (AvgIpc) is 3.02. The third-order valence-corrected chi connectivity index (χ3v) is 5.63. The number of carboxylic acids is 1. The van der Waals surface area contributed by atoms with Crippen LogP contribution in [-0.2, 0) is 22.6 Å². The zero-order valence-corrected chi connectivity index (χ0v) is 14.6. The van der Waals surface area contributed by atoms with Crippen molar-refractivity contribution in [1.29, 1.82) is 0 Å². The maximum Gasteiger partial charge on any atom is 0.315 e. The topological polar surface area (TPSA) is 121 Å². The van der Waals surface area contributed by atoms with E-state index >= 15 is 0 Å². The molecule has 1 aromatic carbocycles. The first-order valence-electron chi connectivity index (χ1n) is 7.91. The molecule has 0 saturated carbocycles. The second-order valence-electron chi connectivity index (χ2n) is 5.93. The summed E-state index contributed by atoms with van der Waals surface area (Å²) in [6.07, 6.45) is -1.03. The second kappa shape index (κ2) is 6.85. The summed E-state index contributed by atoms with van der Waals surface area (Å²) in [5, 5.41) is 30.6. The SMILES string of the molecule is CCc1cc2c(s1)C(C(=O)O)C(O)C(=O)N2Cc1cccc([N+](=O)[O-])c1. The van der Waals surface area contributed by atoms with Crippen LogP contribution in [0.2, 0.25) is 0 Å². The van der Waals surface area contributed by atoms with E-state index in [9.17, 15) is 29.9 Å². The van der Waals surface area contributed by atoms with Crippen molar-refractivity contribution >= 4 is 34.6 Å². The lowest BCUT2D eigenvalue weighted by Crippen LogP contribution is -2.47. The molecule has 0 spiro atoms. The van der Waals surface area contributed by atoms with E-state index in [4.69, 9.17) is 0 Å². The molecule has 1 aliphatic rings. The molecule has 1 aliphatic heterocycles. The monoisotopic (exact) mass is 376 g/mol. The number of aliphatic hydroxyl groups is 1. The van der Waals surface area contributed by atoms with E-state index in [1.54, 1.807) is 12.1 Å². The first-order chi connectivity index (χ1) is 12.3. The number of carbonyl (C=O) groups excluding carboxylic acids is 1. The van der Waals surface area contributed by atoms with Crippen molar-refractivity contribution in [2.75, 3.05) is 4.90 Å². The molecular formula is C17H16N2O6S. The molecule has 26 heavy (non-hydrogen) atoms. The molecule has 0 saturated heterocycles. The number of non-ortho nitro benzene ring substituents is 1. The van der Waals surface area contributed by atoms with Crippen molar-refractivity contribution in [3.63, 3.8) is 0 Å². The molecule has 0 radical (unpaired) electrons. The molecule has 1 aromatic heterocycles. The predicted molar refractivity (Wildman–Crippen MR) is 94.4 cm³/mol. The number of amides is 1. The number of aliphatic carboxylic acids is 1. The van der Waals surface area contributed by atoms with Gasteiger partial charge in [-0.3, -0.25) is 19.7 Å². The zero-order chi connectivity index (χ0) is 19.0. The number of thiophene rings is 1. The summed E-state index contributed by atoms with van der Waals surface area (Å²) in [4.78, 5) is 37.2. The van der Waals surface area contributed by atoms with Crippen molar-refractivity contribution in [2.45, 2.75) is 31.9 Å². The lowest BCUT2D eigenvalue weighted by molar-refractivity contribution is -0.384. The van der Waals surface area contributed by atoms with E-state index < -0.39 is 28.8 Å². The summed E-state index contributed by atoms with van der Waals surface area (Å²) < 4.78 is 0. The minimum atomic E-state index is -1.69. The minimum Gasteiger partial charge on any atom is -0.481 e. The molecule has 0 bridgehead atoms. The number of aliphatic hydroxyl groups excluding tert-OH is 1. The van der Waals surface area contributed by atoms with Gasteiger partial charge < -0.3 is 15.1 Å². The number of nitro groups is 1. The third-order valence-electron chi connectivity index (χ3n) is 4.28. The van der Waals surface area contributed by atoms with Gasteiger partial charge in [-0.15, -0.1) is 11.3 Å². The lowest BCUT2D eigenvalue weighted by Gasteiger charge is -2.33. The molecule has 2 atom stereocenters. The summed E-state index contributed by atoms with van der Waals surface area (Å²) >= 11 is 1.26. The van der Waals surface area contributed by atoms with Crippen LogP contribution in [-0.4, -0.2) is 33.1 Å². The fraction of sp³-hybridized carbons (Fsp3) is 0.294. The van der Waals surface area contributed by atoms with E-state index in [0.717, 1.165) is 4.88 Å². The number of fused-ring (bicyclic) bond motifs is 1. The molecule has 2 heterocycles. The maximum absolute atomic E-state index is 12.6. The number of benzene rings is 1. The molecule has 2 aromatic rings. The number of aryl methyl sites for hydroxylation is 1. The number of nitro benzene ring substituents is 1. The normalized spacial score (nSPS) is 19.3. The van der Waals surface area contributed by atoms with Gasteiger partial charge in [0.05, 0.1) is 17.2 Å². The van der Waals surface area contributed by atoms with Gasteiger partial charge in [-0.05, 0) is 18.1 Å². The van der Waals surface area contributed by atoms with Crippen LogP contribution in [0, 0.1) is 10.1 Å². The molecular weight excluding hydrogens is 360 g/mol. The van der Waals surface area contributed by atoms with Gasteiger partial charge in [-0.25, -0.2) is 0 Å². The summed E-state index contributed by atoms with van der Waals surface area (Å²) in [6.45, 7) is 1.92. The van der Waals surface area contributed by atoms with E-state index in [1.165, 1.54) is 34.4 Å². The Morgan fingerprint density at radius 3 is 2.73 bits per heavy atom. The van der Waals surface area contributed by atoms with Gasteiger partial charge in [0, 0.05) is 21.9 Å². The molecule has 2 unspecified atom stereocenters. The predicted octanol–water partition coefficient (Wildman–Crippen LogP) is 2.29. The Bertz CT molecular complexity index is 893. The highest BCUT2D eigenvalue weighted by Crippen LogP contribution is 2.43. The molecule has 8 nitrogen and oxygen atoms in total. The van der Waals surface area contributed by atoms with Gasteiger partial charge in [0.1, 0.15) is 5.92 Å². The molecule has 3 rings (SSSR count). The van der Waals surface area contributed by atoms with Gasteiger partial charge in [0.2, 0.25) is 0 Å². The highest BCUT2D eigenvalue weighted by molar-refractivity contribution is 7.12. The summed E-state index contributed by atoms with van der Waals surface area (Å²) in [6, 6.07) is 7.61. The Morgan fingerprint density at radius 2 is 2.12 bits per heavy atom. The van der Waals surface area contributed by atoms with Gasteiger partial charge in [-0.2, -0.15) is 0 Å². The van der Waals surface area contributed by atoms with Gasteiger partial charge in [0.15, 0.2) is 6.10 Å². The van der Waals surface area contributed by atoms with E-state index in [0.29, 0.717) is 22.5 Å². The molecule has 136 valence electrons. The standard InChI is InChI=1S/C17H16N2O6S/c1-2-11-7-12-15(26-11)13(17(22)23)14(20)16(21)18(12)8-9-4-3-5-10(6-9)19(24)25/h3-7,13-14,20H,2,8H2,1H3,(H,22,23). The Balaban J connectivity index is 2.04. The van der Waals surface area contributed by atoms with Gasteiger partial charge in [-0.1, -0.05) is 19.1 Å². The fourth-order valence-electron chi connectivity index (χ4n) is 2.98. The molecule has 0 fully saturated rings. The van der Waals surface area contributed by atoms with Crippen LogP contribution in [0.1, 0.15) is 28.2 Å². The van der Waals surface area contributed by atoms with Crippen molar-refractivity contribution in [3.05, 3.63) is 55.8 Å². The number of carbonyl (C=O) groups is 2. The van der Waals surface area contributed by atoms with Crippen molar-refractivity contribution in [1.82, 2.24) is 0 Å². The van der Waals surface area contributed by atoms with Gasteiger partial charge >= 0.3 is 5.97 Å². The number of carboxylic acid groups (broad SMARTS) is 1. The average molecular weight is 376 g/mol. The lowest BCUT2D eigenvalue weighted by atomic mass is 9.93. The Kier molecular flexibility index (Phi) is 4.75. The fourth-order valence-corrected chi connectivity index (χ4v) is 4.21. The van der Waals surface area contributed by atoms with E-state index in [1.807, 2.05) is 6.92 Å². The largest absolute Gasteiger partial charge is 0.481 e. The third kappa shape index (κ3) is 3.06. The van der Waals surface area contributed by atoms with Crippen molar-refractivity contribution in [2.24, 2.45) is 0 Å². The summed E-state index contributed by atoms with van der Waals surface area (Å²) in [5.41, 5.74) is 0.862. The minimum absolute atomic E-state index is 0.0107. The van der Waals surface area contributed by atoms with Crippen LogP contribution in [0.3, 0.4) is 0 Å². The maximum atomic E-state index is 12.6. The Labute approximate surface area is 152 Å². The second-order valence-corrected chi connectivity index (χ2v) is 7.10. The van der Waals surface area contributed by atoms with Crippen LogP contribution in [0.4, 0.5) is 11.4 Å². The van der Waals surface area contributed by atoms with Crippen LogP contribution >= 0.6 is 11.3 Å². The number of hydrogen-bond acceptors (Lipinski definition) is 6. The number of rotatable bonds is 5. The smallest absolute Gasteiger partial charge is 0.315 e. The van der Waals surface area contributed by atoms with Crippen LogP contribution in [0.5, 0.6) is 0 Å². The van der Waals surface area contributed by atoms with Crippen LogP contribution in [0.25, 0.3) is 0 Å². The highest BCUT2D eigenvalue weighted by Gasteiger charge is 2.44. The first-order valence-corrected chi connectivity index (χ1v) is 8.73. The van der Waals surface area contributed by atoms with Crippen molar-refractivity contribution < 1.29 is 24.7 Å². The number of nitrogens with zero attached hydrogens (tertiary/aromatic N) is 2. The van der Waals surface area contributed by atoms with E-state index in [-0.39, 0.29) is 12.2 Å². The quantitative estimate of drug-likeness (QED) is 0.610. The first kappa shape index (κ1) is 18.0. The zero-order valence-electron chi connectivity index (χ0n) is 13.8. The summed E-state index contributed by atoms with van der Waals surface area (Å²) in [5.74, 6) is -3.28. The molecule has 9 heteroatoms. The highest BCUT2D eigenvalue weighted by atomic mass is 32.1. The Hall–Kier alpha value is -2.78. The number of hydrogen-bond donors (Lipinski definition) is 2. The van der Waals surface area contributed by atoms with Crippen LogP contribution < -0.4 is 4.90 Å². The molecule has 2 N–H and O–H groups in total. The van der Waals surface area contributed by atoms with E-state index in [2.05, 4.69) is 0 Å². The van der Waals surface area contributed by atoms with Crippen molar-refractivity contribution in [3.8, 4) is 0 Å². The number of anilines is 1. The molecule has 0 aliphatic carbocycles. The summed E-state index contributed by atoms with van der Waals surface area (Å²) in [7, 11) is 0. The van der Waals surface area contributed by atoms with Crippen LogP contribution in [0.15, 0.2) is 30.3 Å². The molecule has 1 amide bonds. The van der Waals surface area contributed by atoms with Gasteiger partial charge in [0.25, 0.3) is 11.6 Å².